The Balaban J connectivity index is 0.00000147. The summed E-state index contributed by atoms with van der Waals surface area (Å²) in [4.78, 5) is 18.6. The van der Waals surface area contributed by atoms with Crippen LogP contribution in [-0.2, 0) is 11.2 Å². The van der Waals surface area contributed by atoms with Gasteiger partial charge in [0.1, 0.15) is 0 Å². The number of aliphatic carboxylic acids is 1. The van der Waals surface area contributed by atoms with Gasteiger partial charge in [-0.15, -0.1) is 11.3 Å². The normalized spacial score (nSPS) is 14.5. The van der Waals surface area contributed by atoms with Crippen LogP contribution in [0, 0.1) is 0 Å². The fourth-order valence-electron chi connectivity index (χ4n) is 2.56. The van der Waals surface area contributed by atoms with Gasteiger partial charge in [-0.1, -0.05) is 6.07 Å². The molecular formula is C14H13N2NaO2S. The van der Waals surface area contributed by atoms with E-state index < -0.39 is 5.97 Å². The van der Waals surface area contributed by atoms with Crippen molar-refractivity contribution in [2.24, 2.45) is 0 Å². The molecule has 3 heterocycles. The van der Waals surface area contributed by atoms with E-state index >= 15 is 0 Å². The zero-order valence-corrected chi connectivity index (χ0v) is 14.1. The van der Waals surface area contributed by atoms with Gasteiger partial charge in [-0.2, -0.15) is 0 Å². The Morgan fingerprint density at radius 1 is 1.45 bits per heavy atom. The van der Waals surface area contributed by atoms with Gasteiger partial charge >= 0.3 is 29.6 Å². The van der Waals surface area contributed by atoms with E-state index in [0.29, 0.717) is 0 Å². The molecule has 0 radical (unpaired) electrons. The molecule has 0 amide bonds. The van der Waals surface area contributed by atoms with Crippen LogP contribution >= 0.6 is 11.3 Å². The molecule has 0 aliphatic carbocycles. The van der Waals surface area contributed by atoms with E-state index in [9.17, 15) is 9.90 Å². The summed E-state index contributed by atoms with van der Waals surface area (Å²) in [5, 5.41) is 13.0. The Morgan fingerprint density at radius 2 is 2.30 bits per heavy atom. The van der Waals surface area contributed by atoms with Crippen molar-refractivity contribution in [1.82, 2.24) is 4.98 Å². The van der Waals surface area contributed by atoms with E-state index in [1.54, 1.807) is 17.5 Å². The van der Waals surface area contributed by atoms with Gasteiger partial charge in [0.15, 0.2) is 0 Å². The van der Waals surface area contributed by atoms with Crippen LogP contribution in [0.1, 0.15) is 23.0 Å². The number of carboxylic acid groups (broad SMARTS) is 1. The first-order valence-electron chi connectivity index (χ1n) is 6.19. The molecule has 1 aliphatic rings. The van der Waals surface area contributed by atoms with Crippen molar-refractivity contribution < 1.29 is 39.5 Å². The number of anilines is 1. The minimum atomic E-state index is -1.02. The van der Waals surface area contributed by atoms with E-state index in [2.05, 4.69) is 9.88 Å². The molecule has 2 aromatic rings. The average molecular weight is 296 g/mol. The van der Waals surface area contributed by atoms with Gasteiger partial charge in [0, 0.05) is 36.4 Å². The quantitative estimate of drug-likeness (QED) is 0.637. The predicted octanol–water partition coefficient (Wildman–Crippen LogP) is -1.61. The topological polar surface area (TPSA) is 56.3 Å². The molecule has 1 unspecified atom stereocenters. The molecule has 1 atom stereocenters. The maximum atomic E-state index is 11.0. The molecule has 2 aromatic heterocycles. The summed E-state index contributed by atoms with van der Waals surface area (Å²) in [6.07, 6.45) is 2.65. The van der Waals surface area contributed by atoms with Crippen LogP contribution in [0.15, 0.2) is 35.8 Å². The molecule has 0 saturated heterocycles. The fourth-order valence-corrected chi connectivity index (χ4v) is 3.40. The molecule has 0 bridgehead atoms. The molecular weight excluding hydrogens is 283 g/mol. The van der Waals surface area contributed by atoms with E-state index in [4.69, 9.17) is 0 Å². The number of hydrogen-bond acceptors (Lipinski definition) is 5. The summed E-state index contributed by atoms with van der Waals surface area (Å²) >= 11 is 1.58. The number of carbonyl (C=O) groups is 1. The number of nitrogens with zero attached hydrogens (tertiary/aromatic N) is 2. The number of carbonyl (C=O) groups excluding carboxylic acids is 1. The van der Waals surface area contributed by atoms with Gasteiger partial charge in [-0.25, -0.2) is 0 Å². The Hall–Kier alpha value is -0.880. The molecule has 6 heteroatoms. The van der Waals surface area contributed by atoms with Gasteiger partial charge in [-0.05, 0) is 23.6 Å². The predicted molar refractivity (Wildman–Crippen MR) is 72.0 cm³/mol. The fraction of sp³-hybridized carbons (Fsp3) is 0.286. The number of rotatable bonds is 4. The smallest absolute Gasteiger partial charge is 0.550 e. The second-order valence-corrected chi connectivity index (χ2v) is 5.50. The molecule has 98 valence electrons. The monoisotopic (exact) mass is 296 g/mol. The molecule has 0 spiro atoms. The first kappa shape index (κ1) is 15.5. The van der Waals surface area contributed by atoms with Crippen LogP contribution < -0.4 is 39.6 Å². The van der Waals surface area contributed by atoms with Crippen molar-refractivity contribution in [2.45, 2.75) is 18.9 Å². The van der Waals surface area contributed by atoms with Crippen molar-refractivity contribution in [1.29, 1.82) is 0 Å². The molecule has 0 N–H and O–H groups in total. The first-order valence-corrected chi connectivity index (χ1v) is 7.07. The Morgan fingerprint density at radius 3 is 3.00 bits per heavy atom. The third kappa shape index (κ3) is 3.06. The van der Waals surface area contributed by atoms with Crippen molar-refractivity contribution in [3.05, 3.63) is 46.4 Å². The second kappa shape index (κ2) is 6.72. The number of thiophene rings is 1. The van der Waals surface area contributed by atoms with Crippen LogP contribution in [0.25, 0.3) is 0 Å². The van der Waals surface area contributed by atoms with Crippen LogP contribution in [0.2, 0.25) is 0 Å². The average Bonchev–Trinajstić information content (AvgIpc) is 3.05. The van der Waals surface area contributed by atoms with Crippen LogP contribution in [0.5, 0.6) is 0 Å². The van der Waals surface area contributed by atoms with Gasteiger partial charge in [0.25, 0.3) is 0 Å². The van der Waals surface area contributed by atoms with Crippen molar-refractivity contribution in [2.75, 3.05) is 11.4 Å². The number of fused-ring (bicyclic) bond motifs is 1. The molecule has 0 saturated carbocycles. The molecule has 0 fully saturated rings. The van der Waals surface area contributed by atoms with E-state index in [-0.39, 0.29) is 42.0 Å². The standard InChI is InChI=1S/C14H14N2O2S.Na/c17-14(18)9-12(13-4-2-8-19-13)16-7-5-10-11(16)3-1-6-15-10;/h1-4,6,8,12H,5,7,9H2,(H,17,18);/q;+1/p-1. The van der Waals surface area contributed by atoms with E-state index in [0.717, 1.165) is 29.2 Å². The summed E-state index contributed by atoms with van der Waals surface area (Å²) in [5.74, 6) is -1.02. The summed E-state index contributed by atoms with van der Waals surface area (Å²) in [7, 11) is 0. The van der Waals surface area contributed by atoms with Crippen molar-refractivity contribution >= 4 is 23.0 Å². The molecule has 1 aliphatic heterocycles. The third-order valence-corrected chi connectivity index (χ3v) is 4.35. The van der Waals surface area contributed by atoms with E-state index in [1.165, 1.54) is 0 Å². The second-order valence-electron chi connectivity index (χ2n) is 4.52. The zero-order chi connectivity index (χ0) is 13.2. The largest absolute Gasteiger partial charge is 1.00 e. The maximum Gasteiger partial charge on any atom is 1.00 e. The minimum absolute atomic E-state index is 0. The molecule has 3 rings (SSSR count). The third-order valence-electron chi connectivity index (χ3n) is 3.37. The van der Waals surface area contributed by atoms with Gasteiger partial charge in [0.05, 0.1) is 17.4 Å². The van der Waals surface area contributed by atoms with Crippen LogP contribution in [0.3, 0.4) is 0 Å². The number of pyridine rings is 1. The summed E-state index contributed by atoms with van der Waals surface area (Å²) < 4.78 is 0. The summed E-state index contributed by atoms with van der Waals surface area (Å²) in [6, 6.07) is 7.66. The first-order chi connectivity index (χ1) is 9.25. The SMILES string of the molecule is O=C([O-])CC(c1cccs1)N1CCc2ncccc21.[Na+]. The number of aromatic nitrogens is 1. The van der Waals surface area contributed by atoms with Crippen LogP contribution in [-0.4, -0.2) is 17.5 Å². The van der Waals surface area contributed by atoms with Gasteiger partial charge < -0.3 is 14.8 Å². The summed E-state index contributed by atoms with van der Waals surface area (Å²) in [6.45, 7) is 0.808. The summed E-state index contributed by atoms with van der Waals surface area (Å²) in [5.41, 5.74) is 2.09. The number of carboxylic acids is 1. The van der Waals surface area contributed by atoms with Crippen molar-refractivity contribution in [3.63, 3.8) is 0 Å². The van der Waals surface area contributed by atoms with Gasteiger partial charge in [0.2, 0.25) is 0 Å². The zero-order valence-electron chi connectivity index (χ0n) is 11.3. The van der Waals surface area contributed by atoms with Crippen LogP contribution in [0.4, 0.5) is 5.69 Å². The molecule has 4 nitrogen and oxygen atoms in total. The minimum Gasteiger partial charge on any atom is -0.550 e. The Labute approximate surface area is 143 Å². The van der Waals surface area contributed by atoms with Crippen molar-refractivity contribution in [3.8, 4) is 0 Å². The maximum absolute atomic E-state index is 11.0. The Bertz CT molecular complexity index is 589. The van der Waals surface area contributed by atoms with E-state index in [1.807, 2.05) is 29.6 Å². The number of hydrogen-bond donors (Lipinski definition) is 0. The molecule has 20 heavy (non-hydrogen) atoms. The van der Waals surface area contributed by atoms with Gasteiger partial charge in [-0.3, -0.25) is 4.98 Å². The Kier molecular flexibility index (Phi) is 5.21. The molecule has 0 aromatic carbocycles.